The molecule has 0 saturated carbocycles. The van der Waals surface area contributed by atoms with Gasteiger partial charge in [0.1, 0.15) is 5.82 Å². The van der Waals surface area contributed by atoms with Crippen molar-refractivity contribution in [1.29, 1.82) is 0 Å². The zero-order valence-corrected chi connectivity index (χ0v) is 21.6. The monoisotopic (exact) mass is 506 g/mol. The van der Waals surface area contributed by atoms with E-state index in [0.717, 1.165) is 61.8 Å². The minimum absolute atomic E-state index is 0.0492. The molecule has 37 heavy (non-hydrogen) atoms. The predicted molar refractivity (Wildman–Crippen MR) is 140 cm³/mol. The molecule has 196 valence electrons. The van der Waals surface area contributed by atoms with Gasteiger partial charge in [0.05, 0.1) is 24.5 Å². The molecule has 2 saturated heterocycles. The molecular weight excluding hydrogens is 471 g/mol. The first-order chi connectivity index (χ1) is 17.9. The van der Waals surface area contributed by atoms with Crippen LogP contribution in [0.4, 0.5) is 15.9 Å². The van der Waals surface area contributed by atoms with E-state index < -0.39 is 0 Å². The van der Waals surface area contributed by atoms with Gasteiger partial charge in [0.15, 0.2) is 5.82 Å². The van der Waals surface area contributed by atoms with Gasteiger partial charge in [-0.05, 0) is 49.5 Å². The summed E-state index contributed by atoms with van der Waals surface area (Å²) < 4.78 is 19.0. The molecule has 5 heterocycles. The van der Waals surface area contributed by atoms with Gasteiger partial charge in [0.2, 0.25) is 5.91 Å². The van der Waals surface area contributed by atoms with Crippen LogP contribution in [0.15, 0.2) is 30.6 Å². The summed E-state index contributed by atoms with van der Waals surface area (Å²) in [4.78, 5) is 16.5. The number of carbonyl (C=O) groups excluding carboxylic acids is 1. The third-order valence-electron chi connectivity index (χ3n) is 8.05. The molecule has 1 aromatic carbocycles. The van der Waals surface area contributed by atoms with E-state index in [4.69, 9.17) is 5.10 Å². The summed E-state index contributed by atoms with van der Waals surface area (Å²) in [6.45, 7) is 8.15. The number of halogens is 1. The average Bonchev–Trinajstić information content (AvgIpc) is 3.46. The van der Waals surface area contributed by atoms with Crippen molar-refractivity contribution < 1.29 is 9.18 Å². The fourth-order valence-corrected chi connectivity index (χ4v) is 5.89. The molecule has 9 nitrogen and oxygen atoms in total. The molecule has 3 aromatic rings. The molecule has 0 aliphatic carbocycles. The van der Waals surface area contributed by atoms with Gasteiger partial charge in [0, 0.05) is 69.6 Å². The number of anilines is 2. The van der Waals surface area contributed by atoms with Crippen LogP contribution in [0, 0.1) is 11.7 Å². The number of hydrogen-bond acceptors (Lipinski definition) is 6. The van der Waals surface area contributed by atoms with Gasteiger partial charge in [0.25, 0.3) is 0 Å². The summed E-state index contributed by atoms with van der Waals surface area (Å²) in [5.41, 5.74) is 4.18. The Balaban J connectivity index is 1.22. The van der Waals surface area contributed by atoms with Crippen molar-refractivity contribution in [3.63, 3.8) is 0 Å². The second kappa shape index (κ2) is 9.90. The van der Waals surface area contributed by atoms with Crippen LogP contribution in [0.2, 0.25) is 0 Å². The summed E-state index contributed by atoms with van der Waals surface area (Å²) >= 11 is 0. The Bertz CT molecular complexity index is 1290. The Morgan fingerprint density at radius 2 is 2.03 bits per heavy atom. The molecule has 3 aliphatic heterocycles. The fraction of sp³-hybridized carbons (Fsp3) is 0.519. The summed E-state index contributed by atoms with van der Waals surface area (Å²) in [6, 6.07) is 5.47. The molecule has 2 aromatic heterocycles. The lowest BCUT2D eigenvalue weighted by molar-refractivity contribution is -0.129. The average molecular weight is 507 g/mol. The lowest BCUT2D eigenvalue weighted by Gasteiger charge is -2.42. The van der Waals surface area contributed by atoms with Crippen molar-refractivity contribution >= 4 is 17.4 Å². The highest BCUT2D eigenvalue weighted by Gasteiger charge is 2.35. The number of likely N-dealkylation sites (tertiary alicyclic amines) is 1. The minimum atomic E-state index is -0.347. The van der Waals surface area contributed by atoms with Crippen LogP contribution in [0.3, 0.4) is 0 Å². The van der Waals surface area contributed by atoms with Gasteiger partial charge in [-0.25, -0.2) is 4.39 Å². The largest absolute Gasteiger partial charge is 0.338 e. The highest BCUT2D eigenvalue weighted by atomic mass is 19.1. The number of benzene rings is 1. The first kappa shape index (κ1) is 24.1. The van der Waals surface area contributed by atoms with E-state index in [-0.39, 0.29) is 11.7 Å². The first-order valence-corrected chi connectivity index (χ1v) is 13.3. The van der Waals surface area contributed by atoms with Crippen molar-refractivity contribution in [3.8, 4) is 11.1 Å². The number of nitrogens with one attached hydrogen (secondary N) is 2. The molecule has 6 rings (SSSR count). The van der Waals surface area contributed by atoms with Crippen molar-refractivity contribution in [1.82, 2.24) is 34.7 Å². The van der Waals surface area contributed by atoms with Crippen molar-refractivity contribution in [3.05, 3.63) is 47.7 Å². The van der Waals surface area contributed by atoms with Gasteiger partial charge in [-0.2, -0.15) is 10.2 Å². The topological polar surface area (TPSA) is 83.2 Å². The van der Waals surface area contributed by atoms with E-state index in [9.17, 15) is 4.79 Å². The number of nitrogens with zero attached hydrogens (tertiary/aromatic N) is 6. The molecule has 2 N–H and O–H groups in total. The third kappa shape index (κ3) is 4.87. The van der Waals surface area contributed by atoms with Gasteiger partial charge in [-0.15, -0.1) is 0 Å². The van der Waals surface area contributed by atoms with Crippen LogP contribution in [0.1, 0.15) is 37.1 Å². The quantitative estimate of drug-likeness (QED) is 0.535. The molecule has 0 radical (unpaired) electrons. The summed E-state index contributed by atoms with van der Waals surface area (Å²) in [6.07, 6.45) is 6.85. The number of aromatic nitrogens is 4. The highest BCUT2D eigenvalue weighted by molar-refractivity contribution is 5.74. The normalized spacial score (nSPS) is 19.1. The van der Waals surface area contributed by atoms with Gasteiger partial charge < -0.3 is 15.5 Å². The number of aryl methyl sites for hydroxylation is 1. The highest BCUT2D eigenvalue weighted by Crippen LogP contribution is 2.35. The zero-order valence-electron chi connectivity index (χ0n) is 21.6. The van der Waals surface area contributed by atoms with Gasteiger partial charge in [-0.1, -0.05) is 6.07 Å². The molecule has 0 atom stereocenters. The lowest BCUT2D eigenvalue weighted by atomic mass is 9.95. The van der Waals surface area contributed by atoms with Gasteiger partial charge in [-0.3, -0.25) is 19.1 Å². The lowest BCUT2D eigenvalue weighted by Crippen LogP contribution is -2.51. The van der Waals surface area contributed by atoms with E-state index in [1.165, 1.54) is 24.6 Å². The van der Waals surface area contributed by atoms with Crippen LogP contribution < -0.4 is 10.6 Å². The Labute approximate surface area is 216 Å². The van der Waals surface area contributed by atoms with Crippen molar-refractivity contribution in [2.45, 2.75) is 38.8 Å². The third-order valence-corrected chi connectivity index (χ3v) is 8.05. The minimum Gasteiger partial charge on any atom is -0.338 e. The Morgan fingerprint density at radius 1 is 1.22 bits per heavy atom. The van der Waals surface area contributed by atoms with Crippen LogP contribution in [0.5, 0.6) is 0 Å². The van der Waals surface area contributed by atoms with E-state index in [1.807, 2.05) is 24.2 Å². The number of hydrogen-bond donors (Lipinski definition) is 2. The summed E-state index contributed by atoms with van der Waals surface area (Å²) in [5, 5.41) is 15.8. The zero-order chi connectivity index (χ0) is 25.5. The molecule has 2 fully saturated rings. The van der Waals surface area contributed by atoms with Crippen LogP contribution >= 0.6 is 0 Å². The second-order valence-corrected chi connectivity index (χ2v) is 10.7. The molecule has 3 aliphatic rings. The van der Waals surface area contributed by atoms with E-state index in [1.54, 1.807) is 23.9 Å². The maximum Gasteiger partial charge on any atom is 0.219 e. The fourth-order valence-electron chi connectivity index (χ4n) is 5.89. The molecule has 1 amide bonds. The number of piperidine rings is 1. The second-order valence-electron chi connectivity index (χ2n) is 10.7. The Kier molecular flexibility index (Phi) is 6.46. The van der Waals surface area contributed by atoms with Crippen molar-refractivity contribution in [2.75, 3.05) is 44.6 Å². The first-order valence-electron chi connectivity index (χ1n) is 13.3. The molecule has 0 spiro atoms. The SMILES string of the molecule is CC(=O)N1CCc2c(c(Nc3ccc(-c4cnn(C)c4)cc3F)nn2C2CN(CC3CCNCC3)C2)C1. The van der Waals surface area contributed by atoms with Crippen LogP contribution in [-0.2, 0) is 24.8 Å². The van der Waals surface area contributed by atoms with E-state index >= 15 is 4.39 Å². The Morgan fingerprint density at radius 3 is 2.73 bits per heavy atom. The smallest absolute Gasteiger partial charge is 0.219 e. The number of rotatable bonds is 6. The number of amides is 1. The van der Waals surface area contributed by atoms with E-state index in [0.29, 0.717) is 30.6 Å². The molecular formula is C27H35FN8O. The maximum absolute atomic E-state index is 15.2. The number of fused-ring (bicyclic) bond motifs is 1. The van der Waals surface area contributed by atoms with Crippen LogP contribution in [-0.4, -0.2) is 74.5 Å². The standard InChI is InChI=1S/C27H35FN8O/c1-18(37)35-10-7-26-23(17-35)27(31-25-4-3-20(11-24(25)28)21-12-30-33(2)14-21)32-36(26)22-15-34(16-22)13-19-5-8-29-9-6-19/h3-4,11-12,14,19,22,29H,5-10,13,15-17H2,1-2H3,(H,31,32). The molecule has 0 unspecified atom stereocenters. The molecule has 0 bridgehead atoms. The van der Waals surface area contributed by atoms with Gasteiger partial charge >= 0.3 is 0 Å². The molecule has 10 heteroatoms. The predicted octanol–water partition coefficient (Wildman–Crippen LogP) is 2.93. The van der Waals surface area contributed by atoms with Crippen LogP contribution in [0.25, 0.3) is 11.1 Å². The van der Waals surface area contributed by atoms with Crippen molar-refractivity contribution in [2.24, 2.45) is 13.0 Å². The summed E-state index contributed by atoms with van der Waals surface area (Å²) in [5.74, 6) is 1.12. The maximum atomic E-state index is 15.2. The Hall–Kier alpha value is -3.24. The van der Waals surface area contributed by atoms with E-state index in [2.05, 4.69) is 25.3 Å². The summed E-state index contributed by atoms with van der Waals surface area (Å²) in [7, 11) is 1.84. The number of carbonyl (C=O) groups is 1.